The molecule has 1 aliphatic rings. The molecule has 1 aliphatic heterocycles. The van der Waals surface area contributed by atoms with Crippen molar-refractivity contribution in [3.63, 3.8) is 0 Å². The number of likely N-dealkylation sites (N-methyl/N-ethyl adjacent to an activating group) is 1. The molecule has 1 fully saturated rings. The van der Waals surface area contributed by atoms with Crippen LogP contribution in [0.2, 0.25) is 0 Å². The van der Waals surface area contributed by atoms with E-state index in [0.29, 0.717) is 6.54 Å². The molecule has 0 spiro atoms. The van der Waals surface area contributed by atoms with Crippen LogP contribution in [0.3, 0.4) is 0 Å². The Balaban J connectivity index is 1.57. The Morgan fingerprint density at radius 3 is 2.44 bits per heavy atom. The molecular formula is C19H27N5O. The van der Waals surface area contributed by atoms with E-state index in [0.717, 1.165) is 44.7 Å². The molecule has 0 radical (unpaired) electrons. The normalized spacial score (nSPS) is 15.4. The first-order chi connectivity index (χ1) is 12.3. The average molecular weight is 341 g/mol. The van der Waals surface area contributed by atoms with Crippen molar-refractivity contribution < 1.29 is 4.79 Å². The lowest BCUT2D eigenvalue weighted by atomic mass is 10.2. The first kappa shape index (κ1) is 17.6. The maximum atomic E-state index is 12.6. The molecule has 2 aromatic rings. The number of benzene rings is 1. The number of hydrogen-bond donors (Lipinski definition) is 0. The minimum Gasteiger partial charge on any atom is -0.342 e. The van der Waals surface area contributed by atoms with Crippen LogP contribution in [0, 0.1) is 0 Å². The molecule has 3 rings (SSSR count). The molecular weight excluding hydrogens is 314 g/mol. The molecule has 1 aromatic carbocycles. The maximum absolute atomic E-state index is 12.6. The van der Waals surface area contributed by atoms with E-state index < -0.39 is 0 Å². The number of rotatable bonds is 6. The summed E-state index contributed by atoms with van der Waals surface area (Å²) in [6.45, 7) is 6.10. The second-order valence-electron chi connectivity index (χ2n) is 6.60. The van der Waals surface area contributed by atoms with E-state index in [1.165, 1.54) is 24.7 Å². The number of nitrogens with zero attached hydrogens (tertiary/aromatic N) is 5. The van der Waals surface area contributed by atoms with Gasteiger partial charge in [-0.2, -0.15) is 5.10 Å². The summed E-state index contributed by atoms with van der Waals surface area (Å²) in [5.41, 5.74) is 2.19. The largest absolute Gasteiger partial charge is 0.342 e. The molecule has 25 heavy (non-hydrogen) atoms. The van der Waals surface area contributed by atoms with Gasteiger partial charge in [-0.15, -0.1) is 0 Å². The van der Waals surface area contributed by atoms with Crippen molar-refractivity contribution >= 4 is 5.91 Å². The molecule has 0 aliphatic carbocycles. The third-order valence-corrected chi connectivity index (χ3v) is 4.79. The summed E-state index contributed by atoms with van der Waals surface area (Å²) in [4.78, 5) is 20.8. The summed E-state index contributed by atoms with van der Waals surface area (Å²) in [6.07, 6.45) is 8.00. The van der Waals surface area contributed by atoms with Crippen LogP contribution in [0.25, 0.3) is 5.69 Å². The highest BCUT2D eigenvalue weighted by atomic mass is 16.2. The zero-order valence-corrected chi connectivity index (χ0v) is 15.0. The average Bonchev–Trinajstić information content (AvgIpc) is 3.03. The standard InChI is InChI=1S/C19H27N5O/c1-2-22(14-19(25)23-11-5-3-4-6-12-23)13-17-7-9-18(10-8-17)24-16-20-15-21-24/h7-10,15-16H,2-6,11-14H2,1H3. The maximum Gasteiger partial charge on any atom is 0.236 e. The van der Waals surface area contributed by atoms with Gasteiger partial charge in [0.1, 0.15) is 12.7 Å². The van der Waals surface area contributed by atoms with E-state index in [1.54, 1.807) is 11.0 Å². The highest BCUT2D eigenvalue weighted by Crippen LogP contribution is 2.13. The third-order valence-electron chi connectivity index (χ3n) is 4.79. The van der Waals surface area contributed by atoms with Crippen LogP contribution in [0.15, 0.2) is 36.9 Å². The van der Waals surface area contributed by atoms with Crippen LogP contribution in [0.5, 0.6) is 0 Å². The first-order valence-electron chi connectivity index (χ1n) is 9.20. The Labute approximate surface area is 149 Å². The van der Waals surface area contributed by atoms with Crippen molar-refractivity contribution in [3.8, 4) is 5.69 Å². The first-order valence-corrected chi connectivity index (χ1v) is 9.20. The van der Waals surface area contributed by atoms with Crippen molar-refractivity contribution in [2.24, 2.45) is 0 Å². The van der Waals surface area contributed by atoms with Gasteiger partial charge in [0.15, 0.2) is 0 Å². The molecule has 134 valence electrons. The summed E-state index contributed by atoms with van der Waals surface area (Å²) in [7, 11) is 0. The number of likely N-dealkylation sites (tertiary alicyclic amines) is 1. The van der Waals surface area contributed by atoms with E-state index in [1.807, 2.05) is 17.0 Å². The van der Waals surface area contributed by atoms with Crippen molar-refractivity contribution in [1.29, 1.82) is 0 Å². The van der Waals surface area contributed by atoms with Gasteiger partial charge in [-0.05, 0) is 37.1 Å². The summed E-state index contributed by atoms with van der Waals surface area (Å²) < 4.78 is 1.74. The summed E-state index contributed by atoms with van der Waals surface area (Å²) in [5.74, 6) is 0.267. The second kappa shape index (κ2) is 8.76. The van der Waals surface area contributed by atoms with Gasteiger partial charge in [0.05, 0.1) is 12.2 Å². The molecule has 2 heterocycles. The Bertz CT molecular complexity index is 645. The Morgan fingerprint density at radius 1 is 1.12 bits per heavy atom. The van der Waals surface area contributed by atoms with Gasteiger partial charge in [-0.25, -0.2) is 9.67 Å². The van der Waals surface area contributed by atoms with Gasteiger partial charge in [-0.1, -0.05) is 31.9 Å². The van der Waals surface area contributed by atoms with Crippen LogP contribution >= 0.6 is 0 Å². The molecule has 1 aromatic heterocycles. The molecule has 0 saturated carbocycles. The molecule has 0 atom stereocenters. The van der Waals surface area contributed by atoms with E-state index in [2.05, 4.69) is 34.0 Å². The van der Waals surface area contributed by atoms with Crippen molar-refractivity contribution in [1.82, 2.24) is 24.6 Å². The molecule has 1 saturated heterocycles. The van der Waals surface area contributed by atoms with E-state index in [-0.39, 0.29) is 5.91 Å². The highest BCUT2D eigenvalue weighted by Gasteiger charge is 2.18. The summed E-state index contributed by atoms with van der Waals surface area (Å²) in [6, 6.07) is 8.26. The van der Waals surface area contributed by atoms with Crippen LogP contribution in [-0.2, 0) is 11.3 Å². The Kier molecular flexibility index (Phi) is 6.17. The van der Waals surface area contributed by atoms with Crippen LogP contribution in [-0.4, -0.2) is 56.7 Å². The van der Waals surface area contributed by atoms with Crippen molar-refractivity contribution in [3.05, 3.63) is 42.5 Å². The number of aromatic nitrogens is 3. The predicted molar refractivity (Wildman–Crippen MR) is 97.4 cm³/mol. The van der Waals surface area contributed by atoms with E-state index in [9.17, 15) is 4.79 Å². The number of amides is 1. The lowest BCUT2D eigenvalue weighted by molar-refractivity contribution is -0.132. The molecule has 1 amide bonds. The summed E-state index contributed by atoms with van der Waals surface area (Å²) >= 11 is 0. The number of hydrogen-bond acceptors (Lipinski definition) is 4. The van der Waals surface area contributed by atoms with Gasteiger partial charge in [0, 0.05) is 19.6 Å². The van der Waals surface area contributed by atoms with Crippen molar-refractivity contribution in [2.45, 2.75) is 39.2 Å². The second-order valence-corrected chi connectivity index (χ2v) is 6.60. The SMILES string of the molecule is CCN(CC(=O)N1CCCCCC1)Cc1ccc(-n2cncn2)cc1. The van der Waals surface area contributed by atoms with Gasteiger partial charge >= 0.3 is 0 Å². The monoisotopic (exact) mass is 341 g/mol. The number of carbonyl (C=O) groups excluding carboxylic acids is 1. The molecule has 6 heteroatoms. The zero-order valence-electron chi connectivity index (χ0n) is 15.0. The van der Waals surface area contributed by atoms with Gasteiger partial charge in [0.2, 0.25) is 5.91 Å². The minimum atomic E-state index is 0.267. The lowest BCUT2D eigenvalue weighted by Crippen LogP contribution is -2.40. The molecule has 0 bridgehead atoms. The van der Waals surface area contributed by atoms with Gasteiger partial charge in [-0.3, -0.25) is 9.69 Å². The minimum absolute atomic E-state index is 0.267. The fraction of sp³-hybridized carbons (Fsp3) is 0.526. The lowest BCUT2D eigenvalue weighted by Gasteiger charge is -2.26. The Hall–Kier alpha value is -2.21. The van der Waals surface area contributed by atoms with Crippen molar-refractivity contribution in [2.75, 3.05) is 26.2 Å². The van der Waals surface area contributed by atoms with Crippen LogP contribution < -0.4 is 0 Å². The predicted octanol–water partition coefficient (Wildman–Crippen LogP) is 2.49. The quantitative estimate of drug-likeness (QED) is 0.810. The van der Waals surface area contributed by atoms with Crippen LogP contribution in [0.1, 0.15) is 38.2 Å². The number of carbonyl (C=O) groups is 1. The van der Waals surface area contributed by atoms with E-state index in [4.69, 9.17) is 0 Å². The topological polar surface area (TPSA) is 54.3 Å². The molecule has 0 N–H and O–H groups in total. The van der Waals surface area contributed by atoms with E-state index >= 15 is 0 Å². The molecule has 6 nitrogen and oxygen atoms in total. The third kappa shape index (κ3) is 4.89. The molecule has 0 unspecified atom stereocenters. The zero-order chi connectivity index (χ0) is 17.5. The van der Waals surface area contributed by atoms with Gasteiger partial charge < -0.3 is 4.90 Å². The smallest absolute Gasteiger partial charge is 0.236 e. The van der Waals surface area contributed by atoms with Crippen LogP contribution in [0.4, 0.5) is 0 Å². The fourth-order valence-corrected chi connectivity index (χ4v) is 3.24. The fourth-order valence-electron chi connectivity index (χ4n) is 3.24. The van der Waals surface area contributed by atoms with Gasteiger partial charge in [0.25, 0.3) is 0 Å². The highest BCUT2D eigenvalue weighted by molar-refractivity contribution is 5.78. The Morgan fingerprint density at radius 2 is 1.84 bits per heavy atom. The summed E-state index contributed by atoms with van der Waals surface area (Å²) in [5, 5.41) is 4.14.